The van der Waals surface area contributed by atoms with Crippen LogP contribution in [0.15, 0.2) is 42.5 Å². The maximum Gasteiger partial charge on any atom is 0.333 e. The summed E-state index contributed by atoms with van der Waals surface area (Å²) in [5.41, 5.74) is 0.886. The summed E-state index contributed by atoms with van der Waals surface area (Å²) >= 11 is 1.50. The molecule has 3 atom stereocenters. The van der Waals surface area contributed by atoms with Gasteiger partial charge in [0, 0.05) is 5.75 Å². The summed E-state index contributed by atoms with van der Waals surface area (Å²) in [5.74, 6) is -0.410. The van der Waals surface area contributed by atoms with E-state index in [1.54, 1.807) is 20.8 Å². The first kappa shape index (κ1) is 19.5. The minimum Gasteiger partial charge on any atom is -0.458 e. The van der Waals surface area contributed by atoms with E-state index in [-0.39, 0.29) is 23.6 Å². The molecule has 6 nitrogen and oxygen atoms in total. The van der Waals surface area contributed by atoms with Crippen molar-refractivity contribution in [3.05, 3.63) is 48.0 Å². The van der Waals surface area contributed by atoms with Crippen LogP contribution in [0, 0.1) is 0 Å². The zero-order valence-corrected chi connectivity index (χ0v) is 16.5. The molecule has 7 heteroatoms. The maximum absolute atomic E-state index is 12.7. The standard InChI is InChI=1S/C20H24N2O4S/c1-12-11-27-18-15(21-14(23)10-13-8-6-5-7-9-13)17(24)22(18)16(12)19(25)26-20(2,3)4/h5-9,15-16,18H,1,10-11H2,2-4H3,(H,21,23)/t15?,16?,18-/m0/s1. The molecule has 0 aromatic heterocycles. The van der Waals surface area contributed by atoms with Crippen molar-refractivity contribution in [1.29, 1.82) is 0 Å². The Hall–Kier alpha value is -2.28. The maximum atomic E-state index is 12.7. The number of rotatable bonds is 4. The van der Waals surface area contributed by atoms with Crippen LogP contribution in [0.25, 0.3) is 0 Å². The fraction of sp³-hybridized carbons (Fsp3) is 0.450. The minimum atomic E-state index is -0.787. The highest BCUT2D eigenvalue weighted by molar-refractivity contribution is 8.00. The van der Waals surface area contributed by atoms with Crippen molar-refractivity contribution in [2.75, 3.05) is 5.75 Å². The molecular formula is C20H24N2O4S. The van der Waals surface area contributed by atoms with Gasteiger partial charge < -0.3 is 15.0 Å². The normalized spacial score (nSPS) is 24.7. The van der Waals surface area contributed by atoms with E-state index in [9.17, 15) is 14.4 Å². The third kappa shape index (κ3) is 4.18. The zero-order valence-electron chi connectivity index (χ0n) is 15.7. The highest BCUT2D eigenvalue weighted by atomic mass is 32.2. The molecule has 1 N–H and O–H groups in total. The molecule has 2 heterocycles. The smallest absolute Gasteiger partial charge is 0.333 e. The second kappa shape index (κ2) is 7.38. The Bertz CT molecular complexity index is 772. The molecular weight excluding hydrogens is 364 g/mol. The largest absolute Gasteiger partial charge is 0.458 e. The minimum absolute atomic E-state index is 0.210. The van der Waals surface area contributed by atoms with E-state index in [4.69, 9.17) is 4.74 Å². The average Bonchev–Trinajstić information content (AvgIpc) is 2.58. The van der Waals surface area contributed by atoms with Crippen molar-refractivity contribution in [1.82, 2.24) is 10.2 Å². The van der Waals surface area contributed by atoms with Gasteiger partial charge in [0.25, 0.3) is 0 Å². The summed E-state index contributed by atoms with van der Waals surface area (Å²) in [6, 6.07) is 7.95. The Morgan fingerprint density at radius 2 is 1.96 bits per heavy atom. The Labute approximate surface area is 163 Å². The zero-order chi connectivity index (χ0) is 19.8. The molecule has 1 aromatic rings. The molecule has 0 bridgehead atoms. The number of nitrogens with one attached hydrogen (secondary N) is 1. The van der Waals surface area contributed by atoms with Crippen LogP contribution in [-0.4, -0.2) is 51.5 Å². The van der Waals surface area contributed by atoms with Gasteiger partial charge in [0.15, 0.2) is 6.04 Å². The van der Waals surface area contributed by atoms with Gasteiger partial charge in [-0.2, -0.15) is 0 Å². The molecule has 2 aliphatic heterocycles. The molecule has 2 amide bonds. The Balaban J connectivity index is 1.65. The third-order valence-corrected chi connectivity index (χ3v) is 5.72. The van der Waals surface area contributed by atoms with Crippen LogP contribution in [0.2, 0.25) is 0 Å². The predicted molar refractivity (Wildman–Crippen MR) is 104 cm³/mol. The van der Waals surface area contributed by atoms with E-state index in [0.717, 1.165) is 5.56 Å². The summed E-state index contributed by atoms with van der Waals surface area (Å²) < 4.78 is 5.45. The molecule has 2 aliphatic rings. The van der Waals surface area contributed by atoms with E-state index in [1.807, 2.05) is 30.3 Å². The number of hydrogen-bond acceptors (Lipinski definition) is 5. The molecule has 0 spiro atoms. The summed E-state index contributed by atoms with van der Waals surface area (Å²) in [5, 5.41) is 2.53. The van der Waals surface area contributed by atoms with Crippen LogP contribution >= 0.6 is 11.8 Å². The lowest BCUT2D eigenvalue weighted by Crippen LogP contribution is -2.74. The second-order valence-corrected chi connectivity index (χ2v) is 8.85. The molecule has 0 radical (unpaired) electrons. The summed E-state index contributed by atoms with van der Waals surface area (Å²) in [6.07, 6.45) is 0.213. The van der Waals surface area contributed by atoms with Gasteiger partial charge in [0.2, 0.25) is 11.8 Å². The van der Waals surface area contributed by atoms with Gasteiger partial charge in [0.05, 0.1) is 6.42 Å². The number of carbonyl (C=O) groups excluding carboxylic acids is 3. The number of fused-ring (bicyclic) bond motifs is 1. The first-order chi connectivity index (χ1) is 12.7. The lowest BCUT2D eigenvalue weighted by atomic mass is 9.98. The van der Waals surface area contributed by atoms with Crippen LogP contribution in [-0.2, 0) is 25.5 Å². The quantitative estimate of drug-likeness (QED) is 0.484. The van der Waals surface area contributed by atoms with E-state index in [0.29, 0.717) is 11.3 Å². The van der Waals surface area contributed by atoms with Crippen molar-refractivity contribution in [2.24, 2.45) is 0 Å². The van der Waals surface area contributed by atoms with Crippen molar-refractivity contribution < 1.29 is 19.1 Å². The predicted octanol–water partition coefficient (Wildman–Crippen LogP) is 1.90. The van der Waals surface area contributed by atoms with Gasteiger partial charge in [-0.25, -0.2) is 4.79 Å². The summed E-state index contributed by atoms with van der Waals surface area (Å²) in [7, 11) is 0. The first-order valence-electron chi connectivity index (χ1n) is 8.85. The molecule has 2 fully saturated rings. The fourth-order valence-corrected chi connectivity index (χ4v) is 4.49. The molecule has 1 aromatic carbocycles. The van der Waals surface area contributed by atoms with Crippen molar-refractivity contribution in [3.8, 4) is 0 Å². The lowest BCUT2D eigenvalue weighted by molar-refractivity contribution is -0.170. The van der Waals surface area contributed by atoms with Gasteiger partial charge in [-0.1, -0.05) is 36.9 Å². The van der Waals surface area contributed by atoms with E-state index in [1.165, 1.54) is 16.7 Å². The molecule has 3 rings (SSSR count). The summed E-state index contributed by atoms with van der Waals surface area (Å²) in [6.45, 7) is 9.29. The Morgan fingerprint density at radius 3 is 2.59 bits per heavy atom. The highest BCUT2D eigenvalue weighted by Crippen LogP contribution is 2.40. The fourth-order valence-electron chi connectivity index (χ4n) is 3.18. The van der Waals surface area contributed by atoms with Crippen molar-refractivity contribution >= 4 is 29.5 Å². The van der Waals surface area contributed by atoms with Gasteiger partial charge in [-0.15, -0.1) is 11.8 Å². The van der Waals surface area contributed by atoms with E-state index < -0.39 is 23.7 Å². The topological polar surface area (TPSA) is 75.7 Å². The number of carbonyl (C=O) groups is 3. The van der Waals surface area contributed by atoms with Crippen molar-refractivity contribution in [2.45, 2.75) is 50.3 Å². The summed E-state index contributed by atoms with van der Waals surface area (Å²) in [4.78, 5) is 39.0. The van der Waals surface area contributed by atoms with Gasteiger partial charge >= 0.3 is 5.97 Å². The monoisotopic (exact) mass is 388 g/mol. The average molecular weight is 388 g/mol. The number of thioether (sulfide) groups is 1. The van der Waals surface area contributed by atoms with Crippen molar-refractivity contribution in [3.63, 3.8) is 0 Å². The number of esters is 1. The van der Waals surface area contributed by atoms with E-state index >= 15 is 0 Å². The van der Waals surface area contributed by atoms with Gasteiger partial charge in [0.1, 0.15) is 17.0 Å². The van der Waals surface area contributed by atoms with Crippen LogP contribution < -0.4 is 5.32 Å². The number of benzene rings is 1. The van der Waals surface area contributed by atoms with Crippen LogP contribution in [0.4, 0.5) is 0 Å². The van der Waals surface area contributed by atoms with Gasteiger partial charge in [-0.3, -0.25) is 9.59 Å². The first-order valence-corrected chi connectivity index (χ1v) is 9.90. The SMILES string of the molecule is C=C1CS[C@H]2C(NC(=O)Cc3ccccc3)C(=O)N2C1C(=O)OC(C)(C)C. The Morgan fingerprint density at radius 1 is 1.30 bits per heavy atom. The lowest BCUT2D eigenvalue weighted by Gasteiger charge is -2.53. The molecule has 2 saturated heterocycles. The molecule has 27 heavy (non-hydrogen) atoms. The molecule has 2 unspecified atom stereocenters. The second-order valence-electron chi connectivity index (χ2n) is 7.75. The molecule has 0 aliphatic carbocycles. The number of β-lactam (4-membered cyclic amide) rings is 1. The molecule has 0 saturated carbocycles. The third-order valence-electron chi connectivity index (χ3n) is 4.34. The van der Waals surface area contributed by atoms with Gasteiger partial charge in [-0.05, 0) is 31.9 Å². The number of ether oxygens (including phenoxy) is 1. The van der Waals surface area contributed by atoms with E-state index in [2.05, 4.69) is 11.9 Å². The number of hydrogen-bond donors (Lipinski definition) is 1. The highest BCUT2D eigenvalue weighted by Gasteiger charge is 2.56. The van der Waals surface area contributed by atoms with Crippen LogP contribution in [0.1, 0.15) is 26.3 Å². The van der Waals surface area contributed by atoms with Crippen LogP contribution in [0.3, 0.4) is 0 Å². The molecule has 144 valence electrons. The van der Waals surface area contributed by atoms with Crippen LogP contribution in [0.5, 0.6) is 0 Å². The number of nitrogens with zero attached hydrogens (tertiary/aromatic N) is 1. The Kier molecular flexibility index (Phi) is 5.33. The number of amides is 2.